The van der Waals surface area contributed by atoms with Crippen LogP contribution in [0.4, 0.5) is 0 Å². The summed E-state index contributed by atoms with van der Waals surface area (Å²) in [5, 5.41) is 0. The van der Waals surface area contributed by atoms with Crippen LogP contribution < -0.4 is 0 Å². The number of aromatic nitrogens is 2. The molecule has 46 valence electrons. The number of thiazole rings is 1. The van der Waals surface area contributed by atoms with Crippen molar-refractivity contribution in [2.24, 2.45) is 7.05 Å². The minimum Gasteiger partial charge on any atom is -0.354 e. The van der Waals surface area contributed by atoms with Gasteiger partial charge in [-0.15, -0.1) is 11.3 Å². The molecular weight excluding hydrogens is 132 g/mol. The number of fused-ring (bicyclic) bond motifs is 1. The van der Waals surface area contributed by atoms with Crippen molar-refractivity contribution >= 4 is 21.6 Å². The summed E-state index contributed by atoms with van der Waals surface area (Å²) in [5.74, 6) is 0. The van der Waals surface area contributed by atoms with Gasteiger partial charge in [0.1, 0.15) is 0 Å². The molecule has 0 radical (unpaired) electrons. The first kappa shape index (κ1) is 4.99. The number of hydrogen-bond acceptors (Lipinski definition) is 2. The molecule has 0 atom stereocenters. The monoisotopic (exact) mass is 138 g/mol. The minimum atomic E-state index is 1.10. The first-order chi connectivity index (χ1) is 4.36. The molecule has 2 aromatic rings. The average molecular weight is 138 g/mol. The third-order valence-corrected chi connectivity index (χ3v) is 2.05. The first-order valence-electron chi connectivity index (χ1n) is 2.71. The maximum absolute atomic E-state index is 4.14. The molecule has 0 saturated heterocycles. The van der Waals surface area contributed by atoms with E-state index in [9.17, 15) is 0 Å². The van der Waals surface area contributed by atoms with Crippen molar-refractivity contribution in [2.75, 3.05) is 0 Å². The van der Waals surface area contributed by atoms with Crippen molar-refractivity contribution in [1.29, 1.82) is 0 Å². The summed E-state index contributed by atoms with van der Waals surface area (Å²) < 4.78 is 3.28. The molecule has 0 spiro atoms. The van der Waals surface area contributed by atoms with Gasteiger partial charge in [0.25, 0.3) is 0 Å². The van der Waals surface area contributed by atoms with Crippen molar-refractivity contribution in [3.05, 3.63) is 17.9 Å². The van der Waals surface area contributed by atoms with E-state index in [0.29, 0.717) is 0 Å². The standard InChI is InChI=1S/C6H6N2S/c1-8-2-5-6(3-8)9-4-7-5/h2-4H,1H3. The lowest BCUT2D eigenvalue weighted by Gasteiger charge is -1.80. The molecule has 2 rings (SSSR count). The third-order valence-electron chi connectivity index (χ3n) is 1.27. The molecule has 0 bridgehead atoms. The topological polar surface area (TPSA) is 17.8 Å². The van der Waals surface area contributed by atoms with Crippen LogP contribution in [-0.2, 0) is 7.05 Å². The van der Waals surface area contributed by atoms with E-state index in [1.165, 1.54) is 4.70 Å². The van der Waals surface area contributed by atoms with Crippen molar-refractivity contribution < 1.29 is 0 Å². The molecule has 2 heterocycles. The lowest BCUT2D eigenvalue weighted by atomic mass is 10.6. The highest BCUT2D eigenvalue weighted by Crippen LogP contribution is 2.16. The second-order valence-corrected chi connectivity index (χ2v) is 2.91. The summed E-state index contributed by atoms with van der Waals surface area (Å²) >= 11 is 1.68. The maximum Gasteiger partial charge on any atom is 0.0988 e. The van der Waals surface area contributed by atoms with Crippen LogP contribution in [0, 0.1) is 0 Å². The third kappa shape index (κ3) is 0.650. The summed E-state index contributed by atoms with van der Waals surface area (Å²) in [4.78, 5) is 4.14. The van der Waals surface area contributed by atoms with Crippen molar-refractivity contribution in [2.45, 2.75) is 0 Å². The Morgan fingerprint density at radius 2 is 2.44 bits per heavy atom. The molecule has 2 aromatic heterocycles. The predicted molar refractivity (Wildman–Crippen MR) is 38.6 cm³/mol. The van der Waals surface area contributed by atoms with Crippen molar-refractivity contribution in [3.63, 3.8) is 0 Å². The second-order valence-electron chi connectivity index (χ2n) is 2.03. The average Bonchev–Trinajstić information content (AvgIpc) is 2.22. The number of rotatable bonds is 0. The van der Waals surface area contributed by atoms with E-state index < -0.39 is 0 Å². The zero-order valence-electron chi connectivity index (χ0n) is 5.03. The molecule has 0 amide bonds. The molecule has 0 saturated carbocycles. The van der Waals surface area contributed by atoms with E-state index >= 15 is 0 Å². The van der Waals surface area contributed by atoms with Gasteiger partial charge in [0, 0.05) is 19.4 Å². The zero-order valence-corrected chi connectivity index (χ0v) is 5.85. The lowest BCUT2D eigenvalue weighted by Crippen LogP contribution is -1.76. The van der Waals surface area contributed by atoms with Crippen LogP contribution in [-0.4, -0.2) is 9.55 Å². The molecule has 0 aliphatic rings. The normalized spacial score (nSPS) is 10.8. The Hall–Kier alpha value is -0.830. The van der Waals surface area contributed by atoms with Gasteiger partial charge in [0.15, 0.2) is 0 Å². The highest BCUT2D eigenvalue weighted by atomic mass is 32.1. The highest BCUT2D eigenvalue weighted by Gasteiger charge is 1.95. The molecule has 0 N–H and O–H groups in total. The molecule has 9 heavy (non-hydrogen) atoms. The van der Waals surface area contributed by atoms with Crippen LogP contribution in [0.3, 0.4) is 0 Å². The number of nitrogens with zero attached hydrogens (tertiary/aromatic N) is 2. The fourth-order valence-electron chi connectivity index (χ4n) is 0.873. The fourth-order valence-corrected chi connectivity index (χ4v) is 1.61. The molecule has 0 unspecified atom stereocenters. The second kappa shape index (κ2) is 1.57. The quantitative estimate of drug-likeness (QED) is 0.541. The van der Waals surface area contributed by atoms with E-state index in [2.05, 4.69) is 11.2 Å². The Morgan fingerprint density at radius 1 is 1.56 bits per heavy atom. The Kier molecular flexibility index (Phi) is 0.873. The SMILES string of the molecule is Cn1cc2ncsc2c1. The Balaban J connectivity index is 2.92. The molecular formula is C6H6N2S. The maximum atomic E-state index is 4.14. The summed E-state index contributed by atoms with van der Waals surface area (Å²) in [5.41, 5.74) is 2.97. The van der Waals surface area contributed by atoms with Gasteiger partial charge in [-0.1, -0.05) is 0 Å². The van der Waals surface area contributed by atoms with E-state index in [1.54, 1.807) is 11.3 Å². The highest BCUT2D eigenvalue weighted by molar-refractivity contribution is 7.16. The molecule has 0 aliphatic carbocycles. The molecule has 0 aromatic carbocycles. The van der Waals surface area contributed by atoms with Crippen LogP contribution in [0.1, 0.15) is 0 Å². The summed E-state index contributed by atoms with van der Waals surface area (Å²) in [6.45, 7) is 0. The van der Waals surface area contributed by atoms with E-state index in [-0.39, 0.29) is 0 Å². The fraction of sp³-hybridized carbons (Fsp3) is 0.167. The smallest absolute Gasteiger partial charge is 0.0988 e. The van der Waals surface area contributed by atoms with E-state index in [0.717, 1.165) is 5.52 Å². The van der Waals surface area contributed by atoms with Gasteiger partial charge >= 0.3 is 0 Å². The molecule has 0 aliphatic heterocycles. The Bertz CT molecular complexity index is 292. The van der Waals surface area contributed by atoms with Crippen molar-refractivity contribution in [3.8, 4) is 0 Å². The zero-order chi connectivity index (χ0) is 6.27. The van der Waals surface area contributed by atoms with E-state index in [4.69, 9.17) is 0 Å². The minimum absolute atomic E-state index is 1.10. The molecule has 3 heteroatoms. The first-order valence-corrected chi connectivity index (χ1v) is 3.59. The Labute approximate surface area is 56.8 Å². The van der Waals surface area contributed by atoms with Crippen LogP contribution in [0.5, 0.6) is 0 Å². The lowest BCUT2D eigenvalue weighted by molar-refractivity contribution is 0.932. The van der Waals surface area contributed by atoms with Gasteiger partial charge in [0.05, 0.1) is 15.7 Å². The van der Waals surface area contributed by atoms with Gasteiger partial charge in [-0.3, -0.25) is 0 Å². The summed E-state index contributed by atoms with van der Waals surface area (Å²) in [6, 6.07) is 0. The van der Waals surface area contributed by atoms with Gasteiger partial charge in [0.2, 0.25) is 0 Å². The van der Waals surface area contributed by atoms with Gasteiger partial charge in [-0.05, 0) is 0 Å². The van der Waals surface area contributed by atoms with Crippen LogP contribution in [0.25, 0.3) is 10.2 Å². The van der Waals surface area contributed by atoms with Crippen LogP contribution in [0.15, 0.2) is 17.9 Å². The number of hydrogen-bond donors (Lipinski definition) is 0. The van der Waals surface area contributed by atoms with Gasteiger partial charge in [-0.2, -0.15) is 0 Å². The van der Waals surface area contributed by atoms with Gasteiger partial charge < -0.3 is 4.57 Å². The molecule has 2 nitrogen and oxygen atoms in total. The van der Waals surface area contributed by atoms with Crippen LogP contribution in [0.2, 0.25) is 0 Å². The Morgan fingerprint density at radius 3 is 3.22 bits per heavy atom. The van der Waals surface area contributed by atoms with Crippen LogP contribution >= 0.6 is 11.3 Å². The molecule has 0 fully saturated rings. The van der Waals surface area contributed by atoms with E-state index in [1.807, 2.05) is 23.3 Å². The largest absolute Gasteiger partial charge is 0.354 e. The van der Waals surface area contributed by atoms with Gasteiger partial charge in [-0.25, -0.2) is 4.98 Å². The number of aryl methyl sites for hydroxylation is 1. The van der Waals surface area contributed by atoms with Crippen molar-refractivity contribution in [1.82, 2.24) is 9.55 Å². The summed E-state index contributed by atoms with van der Waals surface area (Å²) in [6.07, 6.45) is 4.10. The predicted octanol–water partition coefficient (Wildman–Crippen LogP) is 1.63. The summed E-state index contributed by atoms with van der Waals surface area (Å²) in [7, 11) is 2.01.